The van der Waals surface area contributed by atoms with Crippen molar-refractivity contribution in [3.8, 4) is 22.5 Å². The lowest BCUT2D eigenvalue weighted by Crippen LogP contribution is -2.21. The normalized spacial score (nSPS) is 12.2. The van der Waals surface area contributed by atoms with Gasteiger partial charge >= 0.3 is 6.18 Å². The number of rotatable bonds is 4. The van der Waals surface area contributed by atoms with E-state index in [1.165, 1.54) is 50.6 Å². The number of nitrogens with zero attached hydrogens (tertiary/aromatic N) is 3. The van der Waals surface area contributed by atoms with Crippen molar-refractivity contribution in [2.24, 2.45) is 7.05 Å². The summed E-state index contributed by atoms with van der Waals surface area (Å²) in [6, 6.07) is 6.51. The molecule has 0 radical (unpaired) electrons. The van der Waals surface area contributed by atoms with Crippen LogP contribution in [0.15, 0.2) is 58.6 Å². The standard InChI is InChI=1S/C19H16F3N3O3S/c1-3-29(27,28)16-5-4-8-24-17(16)14-6-7-15(25(2)18(14)26)12-9-13(11-23-10-12)19(20,21)22/h4-11H,3H2,1-2H3. The molecule has 0 atom stereocenters. The van der Waals surface area contributed by atoms with Gasteiger partial charge in [0.1, 0.15) is 0 Å². The van der Waals surface area contributed by atoms with E-state index < -0.39 is 27.1 Å². The molecule has 0 fully saturated rings. The number of halogens is 3. The molecule has 0 aliphatic heterocycles. The molecule has 0 aromatic carbocycles. The minimum absolute atomic E-state index is 0.00340. The van der Waals surface area contributed by atoms with Crippen molar-refractivity contribution < 1.29 is 21.6 Å². The fraction of sp³-hybridized carbons (Fsp3) is 0.211. The van der Waals surface area contributed by atoms with Crippen LogP contribution in [-0.4, -0.2) is 28.7 Å². The quantitative estimate of drug-likeness (QED) is 0.643. The van der Waals surface area contributed by atoms with Crippen LogP contribution in [0.25, 0.3) is 22.5 Å². The molecule has 152 valence electrons. The Morgan fingerprint density at radius 1 is 1.14 bits per heavy atom. The Morgan fingerprint density at radius 2 is 1.86 bits per heavy atom. The van der Waals surface area contributed by atoms with Gasteiger partial charge in [0.15, 0.2) is 9.84 Å². The van der Waals surface area contributed by atoms with Gasteiger partial charge in [0, 0.05) is 31.2 Å². The number of aromatic nitrogens is 3. The predicted octanol–water partition coefficient (Wildman–Crippen LogP) is 3.32. The molecule has 3 rings (SSSR count). The van der Waals surface area contributed by atoms with Gasteiger partial charge in [-0.1, -0.05) is 6.92 Å². The zero-order valence-corrected chi connectivity index (χ0v) is 16.3. The fourth-order valence-electron chi connectivity index (χ4n) is 2.84. The van der Waals surface area contributed by atoms with Crippen LogP contribution in [0.5, 0.6) is 0 Å². The number of alkyl halides is 3. The van der Waals surface area contributed by atoms with Crippen LogP contribution >= 0.6 is 0 Å². The number of hydrogen-bond donors (Lipinski definition) is 0. The Kier molecular flexibility index (Phi) is 5.31. The summed E-state index contributed by atoms with van der Waals surface area (Å²) in [7, 11) is -2.25. The third kappa shape index (κ3) is 3.93. The van der Waals surface area contributed by atoms with Crippen molar-refractivity contribution in [3.63, 3.8) is 0 Å². The van der Waals surface area contributed by atoms with Crippen LogP contribution in [0.1, 0.15) is 12.5 Å². The molecule has 10 heteroatoms. The van der Waals surface area contributed by atoms with Crippen LogP contribution in [-0.2, 0) is 23.1 Å². The lowest BCUT2D eigenvalue weighted by Gasteiger charge is -2.13. The Hall–Kier alpha value is -3.01. The van der Waals surface area contributed by atoms with E-state index in [-0.39, 0.29) is 33.2 Å². The summed E-state index contributed by atoms with van der Waals surface area (Å²) in [4.78, 5) is 20.5. The highest BCUT2D eigenvalue weighted by Crippen LogP contribution is 2.31. The molecule has 0 spiro atoms. The summed E-state index contributed by atoms with van der Waals surface area (Å²) in [6.45, 7) is 1.48. The summed E-state index contributed by atoms with van der Waals surface area (Å²) in [5.74, 6) is -0.167. The Morgan fingerprint density at radius 3 is 2.52 bits per heavy atom. The summed E-state index contributed by atoms with van der Waals surface area (Å²) in [5.41, 5.74) is -1.19. The molecular formula is C19H16F3N3O3S. The lowest BCUT2D eigenvalue weighted by atomic mass is 10.1. The second kappa shape index (κ2) is 7.43. The molecule has 0 amide bonds. The SMILES string of the molecule is CCS(=O)(=O)c1cccnc1-c1ccc(-c2cncc(C(F)(F)F)c2)n(C)c1=O. The molecule has 0 aliphatic carbocycles. The Bertz CT molecular complexity index is 1240. The van der Waals surface area contributed by atoms with Gasteiger partial charge in [-0.2, -0.15) is 13.2 Å². The first-order valence-electron chi connectivity index (χ1n) is 8.47. The molecule has 0 saturated carbocycles. The maximum absolute atomic E-state index is 13.0. The van der Waals surface area contributed by atoms with Crippen LogP contribution in [0.4, 0.5) is 13.2 Å². The van der Waals surface area contributed by atoms with Gasteiger partial charge < -0.3 is 4.57 Å². The first kappa shape index (κ1) is 20.7. The average Bonchev–Trinajstić information content (AvgIpc) is 2.69. The van der Waals surface area contributed by atoms with Gasteiger partial charge in [0.25, 0.3) is 5.56 Å². The molecule has 3 aromatic heterocycles. The van der Waals surface area contributed by atoms with E-state index >= 15 is 0 Å². The molecule has 6 nitrogen and oxygen atoms in total. The average molecular weight is 423 g/mol. The van der Waals surface area contributed by atoms with Gasteiger partial charge in [0.05, 0.1) is 33.2 Å². The highest BCUT2D eigenvalue weighted by atomic mass is 32.2. The minimum Gasteiger partial charge on any atom is -0.311 e. The van der Waals surface area contributed by atoms with E-state index in [2.05, 4.69) is 9.97 Å². The zero-order chi connectivity index (χ0) is 21.4. The van der Waals surface area contributed by atoms with E-state index in [9.17, 15) is 26.4 Å². The van der Waals surface area contributed by atoms with Gasteiger partial charge in [-0.05, 0) is 30.3 Å². The van der Waals surface area contributed by atoms with Crippen LogP contribution in [0.3, 0.4) is 0 Å². The van der Waals surface area contributed by atoms with Crippen molar-refractivity contribution in [2.75, 3.05) is 5.75 Å². The zero-order valence-electron chi connectivity index (χ0n) is 15.4. The summed E-state index contributed by atoms with van der Waals surface area (Å²) >= 11 is 0. The molecule has 0 aliphatic rings. The third-order valence-corrected chi connectivity index (χ3v) is 6.17. The van der Waals surface area contributed by atoms with E-state index in [1.54, 1.807) is 0 Å². The molecule has 0 unspecified atom stereocenters. The lowest BCUT2D eigenvalue weighted by molar-refractivity contribution is -0.137. The molecule has 0 bridgehead atoms. The van der Waals surface area contributed by atoms with Crippen LogP contribution in [0.2, 0.25) is 0 Å². The van der Waals surface area contributed by atoms with Crippen LogP contribution in [0, 0.1) is 0 Å². The van der Waals surface area contributed by atoms with Crippen molar-refractivity contribution in [1.29, 1.82) is 0 Å². The van der Waals surface area contributed by atoms with Crippen molar-refractivity contribution >= 4 is 9.84 Å². The van der Waals surface area contributed by atoms with Gasteiger partial charge in [-0.25, -0.2) is 8.42 Å². The molecular weight excluding hydrogens is 407 g/mol. The second-order valence-corrected chi connectivity index (χ2v) is 8.46. The number of hydrogen-bond acceptors (Lipinski definition) is 5. The maximum atomic E-state index is 13.0. The predicted molar refractivity (Wildman–Crippen MR) is 101 cm³/mol. The monoisotopic (exact) mass is 423 g/mol. The van der Waals surface area contributed by atoms with E-state index in [1.807, 2.05) is 0 Å². The molecule has 0 N–H and O–H groups in total. The van der Waals surface area contributed by atoms with Crippen molar-refractivity contribution in [3.05, 3.63) is 64.8 Å². The van der Waals surface area contributed by atoms with Gasteiger partial charge in [-0.15, -0.1) is 0 Å². The first-order chi connectivity index (χ1) is 13.6. The second-order valence-electron chi connectivity index (χ2n) is 6.21. The summed E-state index contributed by atoms with van der Waals surface area (Å²) in [6.07, 6.45) is -1.28. The molecule has 3 heterocycles. The molecule has 3 aromatic rings. The van der Waals surface area contributed by atoms with E-state index in [0.717, 1.165) is 10.6 Å². The Labute approximate surface area is 164 Å². The fourth-order valence-corrected chi connectivity index (χ4v) is 3.89. The van der Waals surface area contributed by atoms with Gasteiger partial charge in [-0.3, -0.25) is 14.8 Å². The number of sulfone groups is 1. The van der Waals surface area contributed by atoms with Crippen molar-refractivity contribution in [2.45, 2.75) is 18.0 Å². The van der Waals surface area contributed by atoms with Crippen molar-refractivity contribution in [1.82, 2.24) is 14.5 Å². The smallest absolute Gasteiger partial charge is 0.311 e. The first-order valence-corrected chi connectivity index (χ1v) is 10.1. The van der Waals surface area contributed by atoms with Gasteiger partial charge in [0.2, 0.25) is 0 Å². The minimum atomic E-state index is -4.57. The Balaban J connectivity index is 2.18. The van der Waals surface area contributed by atoms with E-state index in [4.69, 9.17) is 0 Å². The highest BCUT2D eigenvalue weighted by molar-refractivity contribution is 7.91. The third-order valence-electron chi connectivity index (χ3n) is 4.41. The summed E-state index contributed by atoms with van der Waals surface area (Å²) < 4.78 is 64.7. The highest BCUT2D eigenvalue weighted by Gasteiger charge is 2.31. The summed E-state index contributed by atoms with van der Waals surface area (Å²) in [5, 5.41) is 0. The maximum Gasteiger partial charge on any atom is 0.417 e. The molecule has 29 heavy (non-hydrogen) atoms. The van der Waals surface area contributed by atoms with Crippen LogP contribution < -0.4 is 5.56 Å². The topological polar surface area (TPSA) is 81.9 Å². The number of pyridine rings is 3. The van der Waals surface area contributed by atoms with E-state index in [0.29, 0.717) is 6.20 Å². The largest absolute Gasteiger partial charge is 0.417 e. The molecule has 0 saturated heterocycles.